The van der Waals surface area contributed by atoms with E-state index in [2.05, 4.69) is 32.9 Å². The number of hydrogen-bond donors (Lipinski definition) is 0. The van der Waals surface area contributed by atoms with Crippen molar-refractivity contribution in [3.05, 3.63) is 46.7 Å². The normalized spacial score (nSPS) is 11.2. The average Bonchev–Trinajstić information content (AvgIpc) is 2.99. The Hall–Kier alpha value is -1.68. The predicted octanol–water partition coefficient (Wildman–Crippen LogP) is 3.49. The van der Waals surface area contributed by atoms with E-state index in [1.165, 1.54) is 10.5 Å². The third-order valence-corrected chi connectivity index (χ3v) is 3.88. The summed E-state index contributed by atoms with van der Waals surface area (Å²) in [5.41, 5.74) is 3.34. The highest BCUT2D eigenvalue weighted by molar-refractivity contribution is 7.09. The molecule has 92 valence electrons. The third-order valence-electron chi connectivity index (χ3n) is 2.92. The first kappa shape index (κ1) is 11.4. The average molecular weight is 257 g/mol. The molecule has 3 rings (SSSR count). The lowest BCUT2D eigenvalue weighted by Crippen LogP contribution is -1.98. The first-order valence-electron chi connectivity index (χ1n) is 6.20. The van der Waals surface area contributed by atoms with Gasteiger partial charge in [-0.25, -0.2) is 9.97 Å². The van der Waals surface area contributed by atoms with Crippen LogP contribution in [-0.2, 0) is 13.0 Å². The largest absolute Gasteiger partial charge is 0.324 e. The number of rotatable bonds is 4. The minimum absolute atomic E-state index is 0.806. The quantitative estimate of drug-likeness (QED) is 0.716. The summed E-state index contributed by atoms with van der Waals surface area (Å²) in [6, 6.07) is 8.20. The Bertz CT molecular complexity index is 654. The van der Waals surface area contributed by atoms with Gasteiger partial charge in [0.05, 0.1) is 34.6 Å². The van der Waals surface area contributed by atoms with Gasteiger partial charge in [0.2, 0.25) is 0 Å². The summed E-state index contributed by atoms with van der Waals surface area (Å²) in [5, 5.41) is 3.39. The topological polar surface area (TPSA) is 30.7 Å². The number of aryl methyl sites for hydroxylation is 1. The summed E-state index contributed by atoms with van der Waals surface area (Å²) in [6.07, 6.45) is 4.12. The maximum Gasteiger partial charge on any atom is 0.0962 e. The Balaban J connectivity index is 1.87. The van der Waals surface area contributed by atoms with Crippen molar-refractivity contribution in [3.8, 4) is 0 Å². The number of para-hydroxylation sites is 2. The number of aromatic nitrogens is 3. The van der Waals surface area contributed by atoms with Crippen molar-refractivity contribution in [1.29, 1.82) is 0 Å². The van der Waals surface area contributed by atoms with Crippen molar-refractivity contribution in [2.75, 3.05) is 0 Å². The molecule has 0 aliphatic heterocycles. The van der Waals surface area contributed by atoms with E-state index in [1.807, 2.05) is 24.5 Å². The molecule has 0 saturated carbocycles. The second kappa shape index (κ2) is 4.90. The van der Waals surface area contributed by atoms with E-state index in [0.717, 1.165) is 30.6 Å². The zero-order chi connectivity index (χ0) is 12.4. The fourth-order valence-corrected chi connectivity index (χ4v) is 2.95. The molecule has 0 spiro atoms. The predicted molar refractivity (Wildman–Crippen MR) is 74.9 cm³/mol. The molecule has 0 bridgehead atoms. The molecule has 0 aliphatic carbocycles. The van der Waals surface area contributed by atoms with Crippen molar-refractivity contribution in [2.45, 2.75) is 26.3 Å². The number of hydrogen-bond acceptors (Lipinski definition) is 3. The van der Waals surface area contributed by atoms with Gasteiger partial charge in [0, 0.05) is 5.38 Å². The lowest BCUT2D eigenvalue weighted by molar-refractivity contribution is 0.792. The van der Waals surface area contributed by atoms with E-state index >= 15 is 0 Å². The lowest BCUT2D eigenvalue weighted by Gasteiger charge is -2.00. The highest BCUT2D eigenvalue weighted by Crippen LogP contribution is 2.16. The fourth-order valence-electron chi connectivity index (χ4n) is 2.06. The van der Waals surface area contributed by atoms with E-state index < -0.39 is 0 Å². The van der Waals surface area contributed by atoms with Crippen LogP contribution in [0.3, 0.4) is 0 Å². The monoisotopic (exact) mass is 257 g/mol. The van der Waals surface area contributed by atoms with Crippen LogP contribution in [0.1, 0.15) is 24.0 Å². The van der Waals surface area contributed by atoms with Crippen LogP contribution in [0, 0.1) is 0 Å². The van der Waals surface area contributed by atoms with Gasteiger partial charge in [-0.3, -0.25) is 0 Å². The van der Waals surface area contributed by atoms with Crippen molar-refractivity contribution in [3.63, 3.8) is 0 Å². The van der Waals surface area contributed by atoms with Crippen LogP contribution in [0.2, 0.25) is 0 Å². The zero-order valence-corrected chi connectivity index (χ0v) is 11.2. The standard InChI is InChI=1S/C14H15N3S/c1-2-5-14-16-11(9-18-14)8-17-10-15-12-6-3-4-7-13(12)17/h3-4,6-7,9-10H,2,5,8H2,1H3. The van der Waals surface area contributed by atoms with Crippen LogP contribution in [-0.4, -0.2) is 14.5 Å². The van der Waals surface area contributed by atoms with Crippen molar-refractivity contribution in [2.24, 2.45) is 0 Å². The molecule has 2 aromatic heterocycles. The van der Waals surface area contributed by atoms with E-state index in [-0.39, 0.29) is 0 Å². The molecule has 0 aliphatic rings. The molecule has 0 fully saturated rings. The summed E-state index contributed by atoms with van der Waals surface area (Å²) in [7, 11) is 0. The number of nitrogens with zero attached hydrogens (tertiary/aromatic N) is 3. The van der Waals surface area contributed by atoms with Gasteiger partial charge < -0.3 is 4.57 Å². The summed E-state index contributed by atoms with van der Waals surface area (Å²) in [6.45, 7) is 2.99. The number of benzene rings is 1. The van der Waals surface area contributed by atoms with E-state index in [0.29, 0.717) is 0 Å². The second-order valence-electron chi connectivity index (χ2n) is 4.34. The molecule has 1 aromatic carbocycles. The summed E-state index contributed by atoms with van der Waals surface area (Å²) < 4.78 is 2.15. The molecular formula is C14H15N3S. The van der Waals surface area contributed by atoms with E-state index in [4.69, 9.17) is 0 Å². The van der Waals surface area contributed by atoms with Gasteiger partial charge in [-0.2, -0.15) is 0 Å². The van der Waals surface area contributed by atoms with Gasteiger partial charge >= 0.3 is 0 Å². The number of imidazole rings is 1. The lowest BCUT2D eigenvalue weighted by atomic mass is 10.3. The van der Waals surface area contributed by atoms with E-state index in [9.17, 15) is 0 Å². The Morgan fingerprint density at radius 1 is 1.28 bits per heavy atom. The Labute approximate surface area is 110 Å². The molecule has 18 heavy (non-hydrogen) atoms. The van der Waals surface area contributed by atoms with Crippen molar-refractivity contribution in [1.82, 2.24) is 14.5 Å². The van der Waals surface area contributed by atoms with Gasteiger partial charge in [0.25, 0.3) is 0 Å². The zero-order valence-electron chi connectivity index (χ0n) is 10.3. The van der Waals surface area contributed by atoms with E-state index in [1.54, 1.807) is 11.3 Å². The molecular weight excluding hydrogens is 242 g/mol. The van der Waals surface area contributed by atoms with Gasteiger partial charge in [-0.15, -0.1) is 11.3 Å². The van der Waals surface area contributed by atoms with Gasteiger partial charge in [-0.05, 0) is 25.0 Å². The highest BCUT2D eigenvalue weighted by Gasteiger charge is 2.05. The molecule has 2 heterocycles. The molecule has 4 heteroatoms. The van der Waals surface area contributed by atoms with Crippen LogP contribution < -0.4 is 0 Å². The maximum atomic E-state index is 4.65. The molecule has 3 nitrogen and oxygen atoms in total. The maximum absolute atomic E-state index is 4.65. The fraction of sp³-hybridized carbons (Fsp3) is 0.286. The Morgan fingerprint density at radius 2 is 2.17 bits per heavy atom. The molecule has 0 radical (unpaired) electrons. The number of fused-ring (bicyclic) bond motifs is 1. The smallest absolute Gasteiger partial charge is 0.0962 e. The van der Waals surface area contributed by atoms with Gasteiger partial charge in [0.15, 0.2) is 0 Å². The molecule has 0 saturated heterocycles. The summed E-state index contributed by atoms with van der Waals surface area (Å²) in [5.74, 6) is 0. The summed E-state index contributed by atoms with van der Waals surface area (Å²) in [4.78, 5) is 9.05. The first-order valence-corrected chi connectivity index (χ1v) is 7.08. The SMILES string of the molecule is CCCc1nc(Cn2cnc3ccccc32)cs1. The second-order valence-corrected chi connectivity index (χ2v) is 5.29. The van der Waals surface area contributed by atoms with Crippen LogP contribution in [0.4, 0.5) is 0 Å². The van der Waals surface area contributed by atoms with Crippen LogP contribution in [0.15, 0.2) is 36.0 Å². The molecule has 0 N–H and O–H groups in total. The Morgan fingerprint density at radius 3 is 3.06 bits per heavy atom. The third kappa shape index (κ3) is 2.16. The summed E-state index contributed by atoms with van der Waals surface area (Å²) >= 11 is 1.76. The molecule has 0 atom stereocenters. The van der Waals surface area contributed by atoms with Crippen molar-refractivity contribution >= 4 is 22.4 Å². The minimum atomic E-state index is 0.806. The Kier molecular flexibility index (Phi) is 3.11. The molecule has 0 amide bonds. The van der Waals surface area contributed by atoms with Crippen LogP contribution in [0.25, 0.3) is 11.0 Å². The minimum Gasteiger partial charge on any atom is -0.324 e. The van der Waals surface area contributed by atoms with Gasteiger partial charge in [-0.1, -0.05) is 19.1 Å². The van der Waals surface area contributed by atoms with Crippen LogP contribution >= 0.6 is 11.3 Å². The molecule has 0 unspecified atom stereocenters. The van der Waals surface area contributed by atoms with Crippen molar-refractivity contribution < 1.29 is 0 Å². The first-order chi connectivity index (χ1) is 8.86. The van der Waals surface area contributed by atoms with Crippen LogP contribution in [0.5, 0.6) is 0 Å². The highest BCUT2D eigenvalue weighted by atomic mass is 32.1. The van der Waals surface area contributed by atoms with Gasteiger partial charge in [0.1, 0.15) is 0 Å². The number of thiazole rings is 1. The molecule has 3 aromatic rings.